The smallest absolute Gasteiger partial charge is 0.131 e. The minimum atomic E-state index is -1.12. The summed E-state index contributed by atoms with van der Waals surface area (Å²) in [5.41, 5.74) is 5.05. The molecule has 120 valence electrons. The second-order valence-corrected chi connectivity index (χ2v) is 7.95. The summed E-state index contributed by atoms with van der Waals surface area (Å²) in [6, 6.07) is 0.0956. The fraction of sp³-hybridized carbons (Fsp3) is 0.933. The third-order valence-corrected chi connectivity index (χ3v) is 6.41. The maximum atomic E-state index is 11.5. The molecule has 3 N–H and O–H groups in total. The molecule has 6 heteroatoms. The molecule has 7 atom stereocenters. The van der Waals surface area contributed by atoms with E-state index in [9.17, 15) is 5.11 Å². The molecule has 7 unspecified atom stereocenters. The van der Waals surface area contributed by atoms with Crippen LogP contribution < -0.4 is 5.73 Å². The molecule has 1 heterocycles. The van der Waals surface area contributed by atoms with Crippen LogP contribution in [0, 0.1) is 11.8 Å². The summed E-state index contributed by atoms with van der Waals surface area (Å²) < 4.78 is 5.62. The molecule has 3 rings (SSSR count). The monoisotopic (exact) mass is 334 g/mol. The van der Waals surface area contributed by atoms with Gasteiger partial charge in [-0.15, -0.1) is 23.2 Å². The van der Waals surface area contributed by atoms with E-state index >= 15 is 0 Å². The van der Waals surface area contributed by atoms with Crippen molar-refractivity contribution in [3.8, 4) is 0 Å². The first-order chi connectivity index (χ1) is 9.96. The first kappa shape index (κ1) is 15.9. The molecule has 1 aliphatic heterocycles. The molecule has 0 aromatic rings. The van der Waals surface area contributed by atoms with Gasteiger partial charge in [-0.2, -0.15) is 0 Å². The highest BCUT2D eigenvalue weighted by Crippen LogP contribution is 2.49. The molecule has 0 spiro atoms. The Labute approximate surface area is 136 Å². The van der Waals surface area contributed by atoms with Gasteiger partial charge in [-0.3, -0.25) is 4.99 Å². The zero-order valence-corrected chi connectivity index (χ0v) is 13.9. The number of hydrogen-bond donors (Lipinski definition) is 2. The number of alkyl halides is 2. The van der Waals surface area contributed by atoms with Crippen molar-refractivity contribution in [2.75, 3.05) is 7.11 Å². The van der Waals surface area contributed by atoms with Crippen LogP contribution in [0.3, 0.4) is 0 Å². The lowest BCUT2D eigenvalue weighted by atomic mass is 9.65. The van der Waals surface area contributed by atoms with Crippen LogP contribution in [0.25, 0.3) is 0 Å². The summed E-state index contributed by atoms with van der Waals surface area (Å²) in [5, 5.41) is 11.6. The van der Waals surface area contributed by atoms with Crippen molar-refractivity contribution in [3.63, 3.8) is 0 Å². The van der Waals surface area contributed by atoms with Gasteiger partial charge < -0.3 is 15.6 Å². The molecular weight excluding hydrogens is 311 g/mol. The van der Waals surface area contributed by atoms with E-state index in [-0.39, 0.29) is 34.7 Å². The van der Waals surface area contributed by atoms with Crippen LogP contribution in [0.5, 0.6) is 0 Å². The molecular formula is C15H24Cl2N2O2. The highest BCUT2D eigenvalue weighted by Gasteiger charge is 2.58. The molecule has 4 nitrogen and oxygen atoms in total. The quantitative estimate of drug-likeness (QED) is 0.761. The summed E-state index contributed by atoms with van der Waals surface area (Å²) in [4.78, 5) is 4.55. The van der Waals surface area contributed by atoms with Gasteiger partial charge in [0.2, 0.25) is 0 Å². The van der Waals surface area contributed by atoms with Crippen molar-refractivity contribution in [3.05, 3.63) is 0 Å². The number of methoxy groups -OCH3 is 1. The number of nitrogens with two attached hydrogens (primary N) is 1. The van der Waals surface area contributed by atoms with Gasteiger partial charge in [-0.05, 0) is 38.5 Å². The fourth-order valence-corrected chi connectivity index (χ4v) is 5.14. The predicted molar refractivity (Wildman–Crippen MR) is 85.1 cm³/mol. The molecule has 0 saturated heterocycles. The number of rotatable bonds is 2. The highest BCUT2D eigenvalue weighted by molar-refractivity contribution is 6.21. The second-order valence-electron chi connectivity index (χ2n) is 6.71. The highest BCUT2D eigenvalue weighted by atomic mass is 35.5. The molecule has 0 aromatic carbocycles. The van der Waals surface area contributed by atoms with E-state index in [4.69, 9.17) is 33.7 Å². The van der Waals surface area contributed by atoms with Crippen molar-refractivity contribution >= 4 is 29.0 Å². The van der Waals surface area contributed by atoms with Gasteiger partial charge in [0.05, 0.1) is 12.1 Å². The number of nitrogens with zero attached hydrogens (tertiary/aromatic N) is 1. The third-order valence-electron chi connectivity index (χ3n) is 5.62. The van der Waals surface area contributed by atoms with Crippen molar-refractivity contribution in [2.24, 2.45) is 22.6 Å². The van der Waals surface area contributed by atoms with Crippen LogP contribution in [0.1, 0.15) is 38.5 Å². The summed E-state index contributed by atoms with van der Waals surface area (Å²) in [6.07, 6.45) is 5.05. The second kappa shape index (κ2) is 5.88. The lowest BCUT2D eigenvalue weighted by Gasteiger charge is -2.46. The Kier molecular flexibility index (Phi) is 4.44. The minimum Gasteiger partial charge on any atom is -0.385 e. The van der Waals surface area contributed by atoms with E-state index in [1.165, 1.54) is 0 Å². The normalized spacial score (nSPS) is 50.6. The van der Waals surface area contributed by atoms with Crippen LogP contribution in [0.4, 0.5) is 0 Å². The fourth-order valence-electron chi connectivity index (χ4n) is 4.50. The molecule has 21 heavy (non-hydrogen) atoms. The van der Waals surface area contributed by atoms with Crippen molar-refractivity contribution < 1.29 is 9.84 Å². The summed E-state index contributed by atoms with van der Waals surface area (Å²) >= 11 is 12.7. The lowest BCUT2D eigenvalue weighted by molar-refractivity contribution is -0.0926. The Balaban J connectivity index is 1.91. The van der Waals surface area contributed by atoms with Crippen molar-refractivity contribution in [2.45, 2.75) is 67.0 Å². The van der Waals surface area contributed by atoms with Gasteiger partial charge in [0.25, 0.3) is 0 Å². The van der Waals surface area contributed by atoms with Gasteiger partial charge in [0, 0.05) is 29.7 Å². The maximum absolute atomic E-state index is 11.5. The van der Waals surface area contributed by atoms with Crippen LogP contribution in [-0.2, 0) is 4.74 Å². The molecule has 3 aliphatic rings. The average Bonchev–Trinajstić information content (AvgIpc) is 2.72. The van der Waals surface area contributed by atoms with E-state index in [1.54, 1.807) is 7.11 Å². The van der Waals surface area contributed by atoms with Gasteiger partial charge >= 0.3 is 0 Å². The topological polar surface area (TPSA) is 67.8 Å². The molecule has 0 amide bonds. The number of amidine groups is 1. The molecule has 0 bridgehead atoms. The van der Waals surface area contributed by atoms with Crippen LogP contribution in [-0.4, -0.2) is 46.6 Å². The Morgan fingerprint density at radius 2 is 1.76 bits per heavy atom. The Bertz CT molecular complexity index is 434. The van der Waals surface area contributed by atoms with Crippen LogP contribution in [0.2, 0.25) is 0 Å². The largest absolute Gasteiger partial charge is 0.385 e. The third kappa shape index (κ3) is 2.58. The van der Waals surface area contributed by atoms with Gasteiger partial charge in [0.15, 0.2) is 0 Å². The molecule has 2 fully saturated rings. The maximum Gasteiger partial charge on any atom is 0.131 e. The number of hydrogen-bond acceptors (Lipinski definition) is 4. The summed E-state index contributed by atoms with van der Waals surface area (Å²) in [7, 11) is 1.70. The molecule has 0 radical (unpaired) electrons. The minimum absolute atomic E-state index is 0.00151. The zero-order chi connectivity index (χ0) is 15.2. The first-order valence-corrected chi connectivity index (χ1v) is 8.71. The van der Waals surface area contributed by atoms with Gasteiger partial charge in [-0.1, -0.05) is 0 Å². The van der Waals surface area contributed by atoms with E-state index in [1.807, 2.05) is 0 Å². The Morgan fingerprint density at radius 1 is 1.14 bits per heavy atom. The van der Waals surface area contributed by atoms with Crippen LogP contribution >= 0.6 is 23.2 Å². The number of ether oxygens (including phenoxy) is 1. The molecule has 2 saturated carbocycles. The van der Waals surface area contributed by atoms with Gasteiger partial charge in [-0.25, -0.2) is 0 Å². The van der Waals surface area contributed by atoms with Crippen molar-refractivity contribution in [1.29, 1.82) is 0 Å². The number of halogens is 2. The summed E-state index contributed by atoms with van der Waals surface area (Å²) in [6.45, 7) is 0. The zero-order valence-electron chi connectivity index (χ0n) is 12.3. The van der Waals surface area contributed by atoms with E-state index in [2.05, 4.69) is 4.99 Å². The molecule has 2 aliphatic carbocycles. The van der Waals surface area contributed by atoms with Crippen molar-refractivity contribution in [1.82, 2.24) is 0 Å². The molecule has 0 aromatic heterocycles. The Hall–Kier alpha value is -0.0300. The average molecular weight is 335 g/mol. The predicted octanol–water partition coefficient (Wildman–Crippen LogP) is 2.29. The standard InChI is InChI=1S/C15H24Cl2N2O2/c1-21-13-5-3-9(17)7-11(13)15(20)10-6-8(16)2-4-12(10)19-14(15)18/h8-13,20H,2-7H2,1H3,(H2,18,19). The SMILES string of the molecule is COC1CCC(Cl)CC1C1(O)C(N)=NC2CCC(Cl)CC21. The number of fused-ring (bicyclic) bond motifs is 1. The van der Waals surface area contributed by atoms with Crippen LogP contribution in [0.15, 0.2) is 4.99 Å². The van der Waals surface area contributed by atoms with Gasteiger partial charge in [0.1, 0.15) is 11.4 Å². The first-order valence-electron chi connectivity index (χ1n) is 7.83. The Morgan fingerprint density at radius 3 is 2.43 bits per heavy atom. The lowest BCUT2D eigenvalue weighted by Crippen LogP contribution is -2.59. The summed E-state index contributed by atoms with van der Waals surface area (Å²) in [5.74, 6) is 0.263. The van der Waals surface area contributed by atoms with E-state index < -0.39 is 5.60 Å². The number of aliphatic imine (C=N–C) groups is 1. The van der Waals surface area contributed by atoms with E-state index in [0.717, 1.165) is 32.1 Å². The number of aliphatic hydroxyl groups is 1. The van der Waals surface area contributed by atoms with E-state index in [0.29, 0.717) is 12.3 Å².